The summed E-state index contributed by atoms with van der Waals surface area (Å²) in [6, 6.07) is 8.79. The van der Waals surface area contributed by atoms with Gasteiger partial charge in [-0.3, -0.25) is 24.7 Å². The average molecular weight is 978 g/mol. The van der Waals surface area contributed by atoms with Gasteiger partial charge in [0.1, 0.15) is 29.1 Å². The SMILES string of the molecule is Cc1cc(CC(NC(=O)N2CCC3(CC2)OC(=O)Nc2ncccc23)C(=O)N[C@@H](CC2CCN(C(=O)OC(C)(C)C)CC2)C(=O)N2CCN(c3ccncc3)CC2)cc2cn(COC(=O)C(C)(C)C)nc12. The van der Waals surface area contributed by atoms with E-state index in [1.807, 2.05) is 58.0 Å². The van der Waals surface area contributed by atoms with E-state index in [0.29, 0.717) is 82.7 Å². The lowest BCUT2D eigenvalue weighted by molar-refractivity contribution is -0.157. The van der Waals surface area contributed by atoms with E-state index in [9.17, 15) is 28.8 Å². The third-order valence-corrected chi connectivity index (χ3v) is 13.6. The van der Waals surface area contributed by atoms with Crippen molar-refractivity contribution < 1.29 is 43.0 Å². The largest absolute Gasteiger partial charge is 0.444 e. The van der Waals surface area contributed by atoms with Gasteiger partial charge in [-0.2, -0.15) is 5.10 Å². The van der Waals surface area contributed by atoms with Crippen LogP contribution in [0.1, 0.15) is 90.3 Å². The smallest absolute Gasteiger partial charge is 0.413 e. The molecule has 3 saturated heterocycles. The van der Waals surface area contributed by atoms with Crippen molar-refractivity contribution in [2.24, 2.45) is 11.3 Å². The summed E-state index contributed by atoms with van der Waals surface area (Å²) in [7, 11) is 0. The van der Waals surface area contributed by atoms with Crippen LogP contribution in [0.2, 0.25) is 0 Å². The molecule has 2 atom stereocenters. The number of urea groups is 1. The topological polar surface area (TPSA) is 223 Å². The van der Waals surface area contributed by atoms with Gasteiger partial charge in [0.2, 0.25) is 11.8 Å². The van der Waals surface area contributed by atoms with Gasteiger partial charge < -0.3 is 44.4 Å². The van der Waals surface area contributed by atoms with Crippen molar-refractivity contribution in [1.82, 2.24) is 45.1 Å². The van der Waals surface area contributed by atoms with E-state index < -0.39 is 46.7 Å². The minimum atomic E-state index is -1.13. The highest BCUT2D eigenvalue weighted by molar-refractivity contribution is 5.93. The number of rotatable bonds is 11. The van der Waals surface area contributed by atoms with Crippen LogP contribution in [0.3, 0.4) is 0 Å². The van der Waals surface area contributed by atoms with Crippen LogP contribution in [0.25, 0.3) is 10.9 Å². The molecule has 1 unspecified atom stereocenters. The van der Waals surface area contributed by atoms with E-state index in [4.69, 9.17) is 14.2 Å². The normalized spacial score (nSPS) is 18.2. The molecule has 3 N–H and O–H groups in total. The Hall–Kier alpha value is -6.99. The first-order valence-electron chi connectivity index (χ1n) is 24.6. The van der Waals surface area contributed by atoms with Crippen molar-refractivity contribution in [3.8, 4) is 0 Å². The fourth-order valence-corrected chi connectivity index (χ4v) is 9.78. The minimum absolute atomic E-state index is 0.00319. The molecule has 0 saturated carbocycles. The Morgan fingerprint density at radius 1 is 0.859 bits per heavy atom. The summed E-state index contributed by atoms with van der Waals surface area (Å²) in [5, 5.41) is 14.2. The summed E-state index contributed by atoms with van der Waals surface area (Å²) in [6.45, 7) is 16.1. The number of aromatic nitrogens is 4. The molecule has 3 fully saturated rings. The van der Waals surface area contributed by atoms with Gasteiger partial charge in [0.25, 0.3) is 0 Å². The third kappa shape index (κ3) is 12.1. The van der Waals surface area contributed by atoms with Crippen LogP contribution >= 0.6 is 0 Å². The second kappa shape index (κ2) is 20.8. The number of aryl methyl sites for hydroxylation is 1. The fraction of sp³-hybridized carbons (Fsp3) is 0.549. The third-order valence-electron chi connectivity index (χ3n) is 13.6. The molecule has 4 aliphatic rings. The van der Waals surface area contributed by atoms with Crippen molar-refractivity contribution in [2.75, 3.05) is 62.6 Å². The van der Waals surface area contributed by atoms with Crippen LogP contribution in [0.15, 0.2) is 61.2 Å². The molecule has 0 bridgehead atoms. The monoisotopic (exact) mass is 978 g/mol. The molecule has 7 heterocycles. The molecule has 0 aliphatic carbocycles. The number of carbonyl (C=O) groups excluding carboxylic acids is 6. The van der Waals surface area contributed by atoms with Crippen molar-refractivity contribution in [2.45, 2.75) is 117 Å². The maximum Gasteiger partial charge on any atom is 0.413 e. The Kier molecular flexibility index (Phi) is 14.7. The highest BCUT2D eigenvalue weighted by Gasteiger charge is 2.46. The van der Waals surface area contributed by atoms with E-state index in [1.54, 1.807) is 71.0 Å². The zero-order valence-corrected chi connectivity index (χ0v) is 41.9. The molecule has 4 aliphatic heterocycles. The van der Waals surface area contributed by atoms with Crippen molar-refractivity contribution in [1.29, 1.82) is 0 Å². The molecule has 20 nitrogen and oxygen atoms in total. The highest BCUT2D eigenvalue weighted by Crippen LogP contribution is 2.42. The molecule has 8 rings (SSSR count). The number of anilines is 2. The number of esters is 1. The average Bonchev–Trinajstić information content (AvgIpc) is 3.76. The van der Waals surface area contributed by atoms with Gasteiger partial charge in [-0.1, -0.05) is 6.07 Å². The van der Waals surface area contributed by atoms with Gasteiger partial charge in [0.15, 0.2) is 6.73 Å². The molecule has 20 heteroatoms. The second-order valence-corrected chi connectivity index (χ2v) is 21.2. The fourth-order valence-electron chi connectivity index (χ4n) is 9.78. The number of hydrogen-bond donors (Lipinski definition) is 3. The molecule has 1 spiro atoms. The molecule has 6 amide bonds. The maximum absolute atomic E-state index is 15.0. The van der Waals surface area contributed by atoms with Gasteiger partial charge in [-0.15, -0.1) is 0 Å². The number of hydrogen-bond acceptors (Lipinski definition) is 13. The molecule has 0 radical (unpaired) electrons. The summed E-state index contributed by atoms with van der Waals surface area (Å²) in [4.78, 5) is 98.1. The molecule has 4 aromatic rings. The molecule has 380 valence electrons. The number of piperazine rings is 1. The number of nitrogens with zero attached hydrogens (tertiary/aromatic N) is 8. The summed E-state index contributed by atoms with van der Waals surface area (Å²) in [5.41, 5.74) is 1.69. The van der Waals surface area contributed by atoms with Gasteiger partial charge in [0.05, 0.1) is 10.9 Å². The lowest BCUT2D eigenvalue weighted by Gasteiger charge is -2.43. The number of piperidine rings is 2. The zero-order valence-electron chi connectivity index (χ0n) is 41.9. The predicted molar refractivity (Wildman–Crippen MR) is 263 cm³/mol. The number of likely N-dealkylation sites (tertiary alicyclic amines) is 2. The zero-order chi connectivity index (χ0) is 50.7. The van der Waals surface area contributed by atoms with E-state index in [1.165, 1.54) is 0 Å². The van der Waals surface area contributed by atoms with Crippen LogP contribution in [0.5, 0.6) is 0 Å². The first kappa shape index (κ1) is 50.4. The molecular weight excluding hydrogens is 911 g/mol. The lowest BCUT2D eigenvalue weighted by atomic mass is 9.83. The molecule has 3 aromatic heterocycles. The number of carbonyl (C=O) groups is 6. The van der Waals surface area contributed by atoms with Crippen molar-refractivity contribution >= 4 is 58.4 Å². The second-order valence-electron chi connectivity index (χ2n) is 21.2. The number of nitrogens with one attached hydrogen (secondary N) is 3. The maximum atomic E-state index is 15.0. The summed E-state index contributed by atoms with van der Waals surface area (Å²) in [5.74, 6) is -0.672. The lowest BCUT2D eigenvalue weighted by Crippen LogP contribution is -2.60. The molecular formula is C51H67N11O9. The predicted octanol–water partition coefficient (Wildman–Crippen LogP) is 5.73. The highest BCUT2D eigenvalue weighted by atomic mass is 16.6. The van der Waals surface area contributed by atoms with Gasteiger partial charge in [-0.25, -0.2) is 24.0 Å². The van der Waals surface area contributed by atoms with Gasteiger partial charge >= 0.3 is 24.2 Å². The Morgan fingerprint density at radius 2 is 1.56 bits per heavy atom. The van der Waals surface area contributed by atoms with Gasteiger partial charge in [0, 0.05) is 113 Å². The van der Waals surface area contributed by atoms with E-state index in [2.05, 4.69) is 35.9 Å². The van der Waals surface area contributed by atoms with E-state index in [-0.39, 0.29) is 50.1 Å². The Balaban J connectivity index is 1.03. The molecule has 71 heavy (non-hydrogen) atoms. The van der Waals surface area contributed by atoms with Crippen LogP contribution in [0.4, 0.5) is 25.9 Å². The van der Waals surface area contributed by atoms with Gasteiger partial charge in [-0.05, 0) is 115 Å². The van der Waals surface area contributed by atoms with Crippen molar-refractivity contribution in [3.05, 3.63) is 77.9 Å². The number of fused-ring (bicyclic) bond motifs is 3. The van der Waals surface area contributed by atoms with Crippen LogP contribution in [-0.2, 0) is 47.3 Å². The summed E-state index contributed by atoms with van der Waals surface area (Å²) >= 11 is 0. The number of amides is 6. The quantitative estimate of drug-likeness (QED) is 0.121. The first-order chi connectivity index (χ1) is 33.7. The number of benzene rings is 1. The van der Waals surface area contributed by atoms with E-state index in [0.717, 1.165) is 27.8 Å². The molecule has 1 aromatic carbocycles. The summed E-state index contributed by atoms with van der Waals surface area (Å²) in [6.07, 6.45) is 8.11. The van der Waals surface area contributed by atoms with Crippen molar-refractivity contribution in [3.63, 3.8) is 0 Å². The standard InChI is InChI=1S/C51H67N11O9/c1-33-27-35(28-36-31-62(57-41(33)36)32-69-45(65)49(2,3)4)30-39(55-46(66)60-21-14-51(15-22-60)38-9-8-16-53-42(38)56-47(67)70-51)43(63)54-40(29-34-12-19-61(20-13-34)48(68)71-50(5,6)7)44(64)59-25-23-58(24-26-59)37-10-17-52-18-11-37/h8-11,16-18,27-28,31,34,39-40H,12-15,19-26,29-30,32H2,1-7H3,(H,54,63)(H,55,66)(H,53,56,67)/t39?,40-/m0/s1. The van der Waals surface area contributed by atoms with Crippen LogP contribution < -0.4 is 20.9 Å². The number of ether oxygens (including phenoxy) is 3. The Bertz CT molecular complexity index is 2600. The van der Waals surface area contributed by atoms with Crippen LogP contribution in [0, 0.1) is 18.3 Å². The van der Waals surface area contributed by atoms with E-state index >= 15 is 0 Å². The first-order valence-corrected chi connectivity index (χ1v) is 24.6. The van der Waals surface area contributed by atoms with Crippen LogP contribution in [-0.4, -0.2) is 140 Å². The minimum Gasteiger partial charge on any atom is -0.444 e. The summed E-state index contributed by atoms with van der Waals surface area (Å²) < 4.78 is 18.6. The Morgan fingerprint density at radius 3 is 2.24 bits per heavy atom. The number of pyridine rings is 2. The Labute approximate surface area is 414 Å².